The minimum atomic E-state index is -2.33. The monoisotopic (exact) mass is 923 g/mol. The quantitative estimate of drug-likeness (QED) is 0.174. The molecule has 2 fully saturated rings. The molecule has 19 atom stereocenters. The predicted molar refractivity (Wildman–Crippen MR) is 237 cm³/mol. The summed E-state index contributed by atoms with van der Waals surface area (Å²) in [5.41, 5.74) is 6.02. The number of nitrogens with two attached hydrogens (primary N) is 1. The highest BCUT2D eigenvalue weighted by Crippen LogP contribution is 2.38. The number of cyclic esters (lactones) is 1. The van der Waals surface area contributed by atoms with Gasteiger partial charge in [0.15, 0.2) is 12.1 Å². The van der Waals surface area contributed by atoms with Crippen molar-refractivity contribution in [3.05, 3.63) is 85.1 Å². The summed E-state index contributed by atoms with van der Waals surface area (Å²) < 4.78 is 23.1. The first-order chi connectivity index (χ1) is 30.6. The number of allylic oxidation sites excluding steroid dienone is 12. The number of carboxylic acids is 1. The third-order valence-electron chi connectivity index (χ3n) is 12.0. The molecule has 0 spiro atoms. The van der Waals surface area contributed by atoms with Crippen LogP contribution in [-0.4, -0.2) is 166 Å². The van der Waals surface area contributed by atoms with Gasteiger partial charge >= 0.3 is 11.9 Å². The largest absolute Gasteiger partial charge is 0.481 e. The van der Waals surface area contributed by atoms with Gasteiger partial charge in [0.2, 0.25) is 0 Å². The van der Waals surface area contributed by atoms with Crippen molar-refractivity contribution in [2.45, 2.75) is 177 Å². The molecule has 0 aliphatic carbocycles. The van der Waals surface area contributed by atoms with Gasteiger partial charge in [-0.3, -0.25) is 9.59 Å². The first kappa shape index (κ1) is 55.9. The van der Waals surface area contributed by atoms with E-state index in [9.17, 15) is 65.8 Å². The number of aliphatic hydroxyl groups is 10. The fourth-order valence-corrected chi connectivity index (χ4v) is 7.97. The highest BCUT2D eigenvalue weighted by atomic mass is 16.7. The van der Waals surface area contributed by atoms with E-state index in [4.69, 9.17) is 24.7 Å². The van der Waals surface area contributed by atoms with E-state index in [0.717, 1.165) is 0 Å². The number of esters is 1. The van der Waals surface area contributed by atoms with Crippen LogP contribution in [0.5, 0.6) is 0 Å². The Hall–Kier alpha value is -3.44. The lowest BCUT2D eigenvalue weighted by Crippen LogP contribution is -2.61. The number of carbonyl (C=O) groups excluding carboxylic acids is 1. The Morgan fingerprint density at radius 3 is 1.82 bits per heavy atom. The third kappa shape index (κ3) is 18.6. The second-order valence-electron chi connectivity index (χ2n) is 17.6. The highest BCUT2D eigenvalue weighted by Gasteiger charge is 2.51. The minimum absolute atomic E-state index is 0.107. The fourth-order valence-electron chi connectivity index (χ4n) is 7.97. The summed E-state index contributed by atoms with van der Waals surface area (Å²) in [6, 6.07) is -1.15. The van der Waals surface area contributed by atoms with Gasteiger partial charge in [0, 0.05) is 37.5 Å². The first-order valence-corrected chi connectivity index (χ1v) is 22.3. The minimum Gasteiger partial charge on any atom is -0.481 e. The second-order valence-corrected chi connectivity index (χ2v) is 17.6. The topological polar surface area (TPSA) is 320 Å². The van der Waals surface area contributed by atoms with Gasteiger partial charge < -0.3 is 80.9 Å². The molecule has 2 saturated heterocycles. The molecule has 18 nitrogen and oxygen atoms in total. The zero-order valence-corrected chi connectivity index (χ0v) is 37.6. The molecule has 3 rings (SSSR count). The molecule has 3 heterocycles. The maximum Gasteiger partial charge on any atom is 0.311 e. The van der Waals surface area contributed by atoms with Crippen LogP contribution in [0.2, 0.25) is 0 Å². The number of carboxylic acid groups (broad SMARTS) is 1. The maximum atomic E-state index is 12.6. The van der Waals surface area contributed by atoms with Crippen LogP contribution in [0.15, 0.2) is 85.1 Å². The van der Waals surface area contributed by atoms with E-state index in [1.165, 1.54) is 13.0 Å². The third-order valence-corrected chi connectivity index (χ3v) is 12.0. The molecule has 0 aromatic rings. The second kappa shape index (κ2) is 27.4. The van der Waals surface area contributed by atoms with E-state index in [-0.39, 0.29) is 31.6 Å². The van der Waals surface area contributed by atoms with Gasteiger partial charge in [-0.05, 0) is 33.1 Å². The molecular weight excluding hydrogens is 851 g/mol. The summed E-state index contributed by atoms with van der Waals surface area (Å²) in [6.07, 6.45) is 3.46. The van der Waals surface area contributed by atoms with Crippen LogP contribution >= 0.6 is 0 Å². The number of fused-ring (bicyclic) bond motifs is 2. The molecule has 65 heavy (non-hydrogen) atoms. The molecule has 18 heteroatoms. The van der Waals surface area contributed by atoms with Crippen LogP contribution in [0, 0.1) is 17.8 Å². The van der Waals surface area contributed by atoms with Crippen molar-refractivity contribution in [3.8, 4) is 0 Å². The van der Waals surface area contributed by atoms with Crippen LogP contribution in [-0.2, 0) is 28.5 Å². The number of rotatable bonds is 3. The zero-order chi connectivity index (χ0) is 48.4. The lowest BCUT2D eigenvalue weighted by molar-refractivity contribution is -0.308. The SMILES string of the molecule is C[C@@H]1[C@H](O)[C@H](C)C=CC=CC=CC=CC=CC=CC=C[C@H](O[C@@H]2O[C@H](C)[C@H](O)[C@H](N)[C@@H]2O)C[C@H]2O[C@@](O)(C[C@H](O)C[C@H](O)[C@H](O)CC[C@H](O)C[C@H](O)CC(=O)O[C@@H]1C)C[C@@H](O)[C@H]2C(=O)O. The van der Waals surface area contributed by atoms with E-state index in [1.807, 2.05) is 19.1 Å². The molecule has 0 saturated carbocycles. The first-order valence-electron chi connectivity index (χ1n) is 22.3. The Morgan fingerprint density at radius 2 is 1.23 bits per heavy atom. The number of aliphatic carboxylic acids is 1. The molecule has 2 bridgehead atoms. The average molecular weight is 924 g/mol. The van der Waals surface area contributed by atoms with E-state index < -0.39 is 147 Å². The van der Waals surface area contributed by atoms with Gasteiger partial charge in [-0.15, -0.1) is 0 Å². The summed E-state index contributed by atoms with van der Waals surface area (Å²) in [6.45, 7) is 6.74. The summed E-state index contributed by atoms with van der Waals surface area (Å²) in [4.78, 5) is 25.1. The van der Waals surface area contributed by atoms with Crippen molar-refractivity contribution in [1.82, 2.24) is 0 Å². The molecule has 0 aromatic heterocycles. The highest BCUT2D eigenvalue weighted by molar-refractivity contribution is 5.71. The zero-order valence-electron chi connectivity index (χ0n) is 37.6. The normalized spacial score (nSPS) is 42.0. The Labute approximate surface area is 381 Å². The van der Waals surface area contributed by atoms with Crippen molar-refractivity contribution in [3.63, 3.8) is 0 Å². The van der Waals surface area contributed by atoms with Crippen molar-refractivity contribution < 1.29 is 84.7 Å². The molecule has 0 aromatic carbocycles. The summed E-state index contributed by atoms with van der Waals surface area (Å²) in [5, 5.41) is 118. The standard InChI is InChI=1S/C47H73NO17/c1-27-17-15-13-11-9-7-5-6-8-10-12-14-16-18-34(64-46-44(58)41(48)43(57)30(4)63-46)24-38-40(45(59)60)37(54)26-47(61,65-38)25-33(51)22-36(53)35(52)20-19-31(49)21-32(50)23-39(55)62-29(3)28(2)42(27)56/h5-18,27-38,40-44,46,49-54,56-58,61H,19-26,48H2,1-4H3,(H,59,60)/t27-,28+,29-,30-,31+,32+,33-,34+,35-,36+,37-,38-,40-,41+,42-,43+,44+,46+,47+/m1/s1. The van der Waals surface area contributed by atoms with E-state index in [0.29, 0.717) is 0 Å². The lowest BCUT2D eigenvalue weighted by atomic mass is 9.82. The Bertz CT molecular complexity index is 1670. The van der Waals surface area contributed by atoms with Gasteiger partial charge in [0.25, 0.3) is 0 Å². The smallest absolute Gasteiger partial charge is 0.311 e. The summed E-state index contributed by atoms with van der Waals surface area (Å²) in [7, 11) is 0. The van der Waals surface area contributed by atoms with E-state index in [1.54, 1.807) is 80.7 Å². The number of aliphatic hydroxyl groups excluding tert-OH is 9. The van der Waals surface area contributed by atoms with Crippen LogP contribution in [0.3, 0.4) is 0 Å². The number of hydrogen-bond acceptors (Lipinski definition) is 17. The van der Waals surface area contributed by atoms with Crippen molar-refractivity contribution in [2.75, 3.05) is 0 Å². The van der Waals surface area contributed by atoms with Gasteiger partial charge in [-0.2, -0.15) is 0 Å². The molecule has 13 N–H and O–H groups in total. The summed E-state index contributed by atoms with van der Waals surface area (Å²) >= 11 is 0. The molecule has 368 valence electrons. The van der Waals surface area contributed by atoms with E-state index in [2.05, 4.69) is 0 Å². The van der Waals surface area contributed by atoms with Gasteiger partial charge in [-0.1, -0.05) is 98.9 Å². The van der Waals surface area contributed by atoms with Gasteiger partial charge in [0.1, 0.15) is 18.1 Å². The van der Waals surface area contributed by atoms with Crippen LogP contribution in [0.1, 0.15) is 79.1 Å². The Balaban J connectivity index is 1.86. The number of ether oxygens (including phenoxy) is 4. The van der Waals surface area contributed by atoms with Crippen LogP contribution in [0.4, 0.5) is 0 Å². The number of hydrogen-bond donors (Lipinski definition) is 12. The van der Waals surface area contributed by atoms with Crippen molar-refractivity contribution in [1.29, 1.82) is 0 Å². The number of carbonyl (C=O) groups is 2. The van der Waals surface area contributed by atoms with E-state index >= 15 is 0 Å². The van der Waals surface area contributed by atoms with Gasteiger partial charge in [0.05, 0.1) is 79.6 Å². The Morgan fingerprint density at radius 1 is 0.662 bits per heavy atom. The van der Waals surface area contributed by atoms with Gasteiger partial charge in [-0.25, -0.2) is 0 Å². The molecule has 0 unspecified atom stereocenters. The fraction of sp³-hybridized carbons (Fsp3) is 0.660. The van der Waals surface area contributed by atoms with Crippen molar-refractivity contribution >= 4 is 11.9 Å². The maximum absolute atomic E-state index is 12.6. The lowest BCUT2D eigenvalue weighted by Gasteiger charge is -2.45. The Kier molecular flexibility index (Phi) is 23.6. The predicted octanol–water partition coefficient (Wildman–Crippen LogP) is 0.712. The summed E-state index contributed by atoms with van der Waals surface area (Å²) in [5.74, 6) is -6.83. The molecule has 3 aliphatic rings. The van der Waals surface area contributed by atoms with Crippen molar-refractivity contribution in [2.24, 2.45) is 23.5 Å². The molecular formula is C47H73NO17. The molecule has 0 radical (unpaired) electrons. The van der Waals surface area contributed by atoms with Crippen LogP contribution < -0.4 is 5.73 Å². The molecule has 0 amide bonds. The average Bonchev–Trinajstić information content (AvgIpc) is 3.21. The van der Waals surface area contributed by atoms with Crippen LogP contribution in [0.25, 0.3) is 0 Å². The molecule has 3 aliphatic heterocycles.